The van der Waals surface area contributed by atoms with Gasteiger partial charge in [-0.3, -0.25) is 4.99 Å². The van der Waals surface area contributed by atoms with E-state index in [4.69, 9.17) is 4.74 Å². The molecule has 0 aliphatic carbocycles. The van der Waals surface area contributed by atoms with Crippen LogP contribution in [0.2, 0.25) is 0 Å². The van der Waals surface area contributed by atoms with Crippen molar-refractivity contribution >= 4 is 16.9 Å². The maximum absolute atomic E-state index is 5.45. The third kappa shape index (κ3) is 4.12. The van der Waals surface area contributed by atoms with Gasteiger partial charge in [-0.15, -0.1) is 0 Å². The molecular formula is C15H28N2OS. The minimum absolute atomic E-state index is 0.383. The molecule has 0 saturated carbocycles. The number of hydrogen-bond acceptors (Lipinski definition) is 4. The Hall–Kier alpha value is -0.220. The number of ether oxygens (including phenoxy) is 1. The smallest absolute Gasteiger partial charge is 0.156 e. The van der Waals surface area contributed by atoms with Crippen molar-refractivity contribution in [3.8, 4) is 0 Å². The predicted molar refractivity (Wildman–Crippen MR) is 83.9 cm³/mol. The summed E-state index contributed by atoms with van der Waals surface area (Å²) in [5.41, 5.74) is 0.383. The molecule has 110 valence electrons. The lowest BCUT2D eigenvalue weighted by Crippen LogP contribution is -2.38. The highest BCUT2D eigenvalue weighted by atomic mass is 32.2. The first-order valence-electron chi connectivity index (χ1n) is 7.69. The van der Waals surface area contributed by atoms with Crippen molar-refractivity contribution in [2.24, 2.45) is 16.3 Å². The molecule has 3 nitrogen and oxygen atoms in total. The van der Waals surface area contributed by atoms with Gasteiger partial charge in [0.25, 0.3) is 0 Å². The van der Waals surface area contributed by atoms with E-state index >= 15 is 0 Å². The molecule has 2 aliphatic rings. The molecule has 1 atom stereocenters. The summed E-state index contributed by atoms with van der Waals surface area (Å²) in [6.45, 7) is 10.8. The molecular weight excluding hydrogens is 256 g/mol. The number of thioether (sulfide) groups is 1. The summed E-state index contributed by atoms with van der Waals surface area (Å²) in [7, 11) is 0. The van der Waals surface area contributed by atoms with Crippen LogP contribution in [0.1, 0.15) is 46.5 Å². The lowest BCUT2D eigenvalue weighted by molar-refractivity contribution is 0.0262. The van der Waals surface area contributed by atoms with E-state index in [1.165, 1.54) is 18.0 Å². The fourth-order valence-corrected chi connectivity index (χ4v) is 4.20. The van der Waals surface area contributed by atoms with Gasteiger partial charge in [0.2, 0.25) is 0 Å². The Balaban J connectivity index is 1.75. The molecule has 0 aromatic carbocycles. The molecule has 1 saturated heterocycles. The minimum atomic E-state index is 0.383. The Kier molecular flexibility index (Phi) is 5.58. The second kappa shape index (κ2) is 6.98. The van der Waals surface area contributed by atoms with Crippen molar-refractivity contribution in [1.82, 2.24) is 5.32 Å². The predicted octanol–water partition coefficient (Wildman–Crippen LogP) is 3.30. The van der Waals surface area contributed by atoms with Crippen molar-refractivity contribution in [1.29, 1.82) is 0 Å². The van der Waals surface area contributed by atoms with Gasteiger partial charge in [-0.2, -0.15) is 0 Å². The Morgan fingerprint density at radius 3 is 2.68 bits per heavy atom. The number of nitrogens with zero attached hydrogens (tertiary/aromatic N) is 1. The number of nitrogens with one attached hydrogen (secondary N) is 1. The van der Waals surface area contributed by atoms with Gasteiger partial charge in [-0.25, -0.2) is 0 Å². The Morgan fingerprint density at radius 2 is 2.05 bits per heavy atom. The van der Waals surface area contributed by atoms with Crippen LogP contribution in [0, 0.1) is 11.3 Å². The van der Waals surface area contributed by atoms with Gasteiger partial charge in [-0.1, -0.05) is 45.4 Å². The number of rotatable bonds is 5. The minimum Gasteiger partial charge on any atom is -0.381 e. The monoisotopic (exact) mass is 284 g/mol. The summed E-state index contributed by atoms with van der Waals surface area (Å²) in [6.07, 6.45) is 4.86. The molecule has 0 aromatic heterocycles. The molecule has 0 aromatic rings. The van der Waals surface area contributed by atoms with Crippen LogP contribution >= 0.6 is 11.8 Å². The summed E-state index contributed by atoms with van der Waals surface area (Å²) >= 11 is 1.96. The number of hydrogen-bond donors (Lipinski definition) is 1. The summed E-state index contributed by atoms with van der Waals surface area (Å²) in [5, 5.41) is 5.45. The summed E-state index contributed by atoms with van der Waals surface area (Å²) in [4.78, 5) is 4.69. The second-order valence-electron chi connectivity index (χ2n) is 6.16. The Bertz CT molecular complexity index is 309. The third-order valence-corrected chi connectivity index (χ3v) is 5.95. The van der Waals surface area contributed by atoms with Crippen molar-refractivity contribution in [2.75, 3.05) is 26.3 Å². The van der Waals surface area contributed by atoms with Crippen LogP contribution in [0.5, 0.6) is 0 Å². The van der Waals surface area contributed by atoms with Crippen LogP contribution in [0.4, 0.5) is 0 Å². The van der Waals surface area contributed by atoms with E-state index in [-0.39, 0.29) is 0 Å². The largest absolute Gasteiger partial charge is 0.381 e. The first-order valence-corrected chi connectivity index (χ1v) is 8.57. The van der Waals surface area contributed by atoms with Crippen molar-refractivity contribution in [2.45, 2.75) is 51.7 Å². The van der Waals surface area contributed by atoms with Crippen LogP contribution in [-0.4, -0.2) is 36.7 Å². The molecule has 1 unspecified atom stereocenters. The fraction of sp³-hybridized carbons (Fsp3) is 0.933. The molecule has 2 rings (SSSR count). The maximum Gasteiger partial charge on any atom is 0.156 e. The van der Waals surface area contributed by atoms with Gasteiger partial charge in [-0.05, 0) is 24.2 Å². The zero-order valence-corrected chi connectivity index (χ0v) is 13.4. The van der Waals surface area contributed by atoms with Gasteiger partial charge in [0, 0.05) is 25.0 Å². The topological polar surface area (TPSA) is 33.6 Å². The quantitative estimate of drug-likeness (QED) is 0.841. The molecule has 0 spiro atoms. The highest BCUT2D eigenvalue weighted by molar-refractivity contribution is 8.14. The summed E-state index contributed by atoms with van der Waals surface area (Å²) in [6, 6.07) is 0. The standard InChI is InChI=1S/C15H28N2OS/c1-4-12(5-2)13-10-16-14(19-13)17-11-15(3)6-8-18-9-7-15/h12-13H,4-11H2,1-3H3,(H,16,17). The molecule has 1 fully saturated rings. The van der Waals surface area contributed by atoms with Crippen molar-refractivity contribution < 1.29 is 4.74 Å². The fourth-order valence-electron chi connectivity index (χ4n) is 2.88. The average molecular weight is 284 g/mol. The third-order valence-electron chi connectivity index (χ3n) is 4.62. The highest BCUT2D eigenvalue weighted by Crippen LogP contribution is 2.32. The zero-order valence-electron chi connectivity index (χ0n) is 12.6. The zero-order chi connectivity index (χ0) is 13.7. The van der Waals surface area contributed by atoms with Gasteiger partial charge in [0.05, 0.1) is 6.54 Å². The first kappa shape index (κ1) is 15.2. The Morgan fingerprint density at radius 1 is 1.37 bits per heavy atom. The maximum atomic E-state index is 5.45. The summed E-state index contributed by atoms with van der Waals surface area (Å²) < 4.78 is 5.45. The second-order valence-corrected chi connectivity index (χ2v) is 7.38. The summed E-state index contributed by atoms with van der Waals surface area (Å²) in [5.74, 6) is 0.812. The SMILES string of the molecule is CCC(CC)C1CN=C(NCC2(C)CCOCC2)S1. The average Bonchev–Trinajstić information content (AvgIpc) is 2.88. The highest BCUT2D eigenvalue weighted by Gasteiger charge is 2.30. The van der Waals surface area contributed by atoms with Gasteiger partial charge in [0.1, 0.15) is 0 Å². The van der Waals surface area contributed by atoms with E-state index in [1.807, 2.05) is 11.8 Å². The van der Waals surface area contributed by atoms with Gasteiger partial charge < -0.3 is 10.1 Å². The molecule has 19 heavy (non-hydrogen) atoms. The first-order chi connectivity index (χ1) is 9.17. The molecule has 0 amide bonds. The van der Waals surface area contributed by atoms with E-state index in [0.29, 0.717) is 10.7 Å². The van der Waals surface area contributed by atoms with Crippen LogP contribution in [0.25, 0.3) is 0 Å². The molecule has 2 aliphatic heterocycles. The van der Waals surface area contributed by atoms with Crippen molar-refractivity contribution in [3.63, 3.8) is 0 Å². The molecule has 0 radical (unpaired) electrons. The van der Waals surface area contributed by atoms with E-state index in [2.05, 4.69) is 31.1 Å². The van der Waals surface area contributed by atoms with Crippen molar-refractivity contribution in [3.05, 3.63) is 0 Å². The van der Waals surface area contributed by atoms with Crippen LogP contribution in [0.15, 0.2) is 4.99 Å². The molecule has 2 heterocycles. The van der Waals surface area contributed by atoms with E-state index < -0.39 is 0 Å². The van der Waals surface area contributed by atoms with Gasteiger partial charge >= 0.3 is 0 Å². The molecule has 1 N–H and O–H groups in total. The molecule has 4 heteroatoms. The normalized spacial score (nSPS) is 26.5. The van der Waals surface area contributed by atoms with E-state index in [9.17, 15) is 0 Å². The number of aliphatic imine (C=N–C) groups is 1. The van der Waals surface area contributed by atoms with E-state index in [0.717, 1.165) is 45.1 Å². The van der Waals surface area contributed by atoms with Crippen LogP contribution in [-0.2, 0) is 4.74 Å². The lowest BCUT2D eigenvalue weighted by atomic mass is 9.82. The number of amidine groups is 1. The lowest BCUT2D eigenvalue weighted by Gasteiger charge is -2.33. The Labute approximate surface area is 122 Å². The van der Waals surface area contributed by atoms with Crippen LogP contribution in [0.3, 0.4) is 0 Å². The van der Waals surface area contributed by atoms with Gasteiger partial charge in [0.15, 0.2) is 5.17 Å². The molecule has 0 bridgehead atoms. The van der Waals surface area contributed by atoms with Crippen LogP contribution < -0.4 is 5.32 Å². The van der Waals surface area contributed by atoms with E-state index in [1.54, 1.807) is 0 Å².